The summed E-state index contributed by atoms with van der Waals surface area (Å²) in [4.78, 5) is 40.4. The molecular formula is C31H52CsN3O4. The summed E-state index contributed by atoms with van der Waals surface area (Å²) in [6, 6.07) is 6.16. The van der Waals surface area contributed by atoms with Crippen molar-refractivity contribution in [2.75, 3.05) is 31.1 Å². The third-order valence-electron chi connectivity index (χ3n) is 6.49. The molecule has 0 radical (unpaired) electrons. The number of nitrogens with zero attached hydrogens (tertiary/aromatic N) is 2. The van der Waals surface area contributed by atoms with Gasteiger partial charge in [-0.3, -0.25) is 24.6 Å². The zero-order chi connectivity index (χ0) is 26.7. The Bertz CT molecular complexity index is 954. The van der Waals surface area contributed by atoms with Gasteiger partial charge in [-0.05, 0) is 88.1 Å². The van der Waals surface area contributed by atoms with Crippen LogP contribution in [-0.4, -0.2) is 60.5 Å². The van der Waals surface area contributed by atoms with Gasteiger partial charge in [0.15, 0.2) is 0 Å². The predicted octanol–water partition coefficient (Wildman–Crippen LogP) is 2.52. The third kappa shape index (κ3) is 12.2. The minimum atomic E-state index is -0.450. The van der Waals surface area contributed by atoms with Crippen molar-refractivity contribution in [3.05, 3.63) is 36.8 Å². The maximum absolute atomic E-state index is 12.4. The number of esters is 1. The molecule has 0 spiro atoms. The Morgan fingerprint density at radius 1 is 0.974 bits per heavy atom. The van der Waals surface area contributed by atoms with Crippen LogP contribution in [0, 0.1) is 12.8 Å². The maximum atomic E-state index is 12.4. The van der Waals surface area contributed by atoms with Crippen molar-refractivity contribution in [1.29, 1.82) is 0 Å². The fourth-order valence-electron chi connectivity index (χ4n) is 5.13. The van der Waals surface area contributed by atoms with E-state index in [4.69, 9.17) is 4.74 Å². The van der Waals surface area contributed by atoms with Gasteiger partial charge >= 0.3 is 74.9 Å². The molecule has 0 saturated carbocycles. The number of nitrogens with one attached hydrogen (secondary N) is 1. The second-order valence-electron chi connectivity index (χ2n) is 12.9. The summed E-state index contributed by atoms with van der Waals surface area (Å²) in [5.74, 6) is -0.0458. The Hall–Kier alpha value is -0.358. The summed E-state index contributed by atoms with van der Waals surface area (Å²) < 4.78 is 5.46. The molecule has 3 heterocycles. The molecule has 7 nitrogen and oxygen atoms in total. The number of carbonyl (C=O) groups excluding carboxylic acids is 3. The second kappa shape index (κ2) is 16.3. The van der Waals surface area contributed by atoms with Crippen LogP contribution in [0.1, 0.15) is 98.6 Å². The number of amides is 2. The standard InChI is InChI=1S/C24H33N3O4.C5H12.CH4.CH3.Cs/c1-24(2,3)31-22(29)15-26-12-9-16(10-13-26)17-5-4-6-19-18(17)11-14-27(19)20-7-8-21(28)25-23(20)30;1-5(2,3)4;;;/h4-6,16,20H,7-15H2,1-3H3,(H,25,28,30);1-4H3;1H4;1H3;/q;;;-1;+1. The average molecular weight is 664 g/mol. The molecule has 1 N–H and O–H groups in total. The number of fused-ring (bicyclic) bond motifs is 1. The Labute approximate surface area is 297 Å². The van der Waals surface area contributed by atoms with Gasteiger partial charge < -0.3 is 17.1 Å². The average Bonchev–Trinajstić information content (AvgIpc) is 3.16. The number of rotatable bonds is 4. The molecule has 2 saturated heterocycles. The van der Waals surface area contributed by atoms with Crippen LogP contribution < -0.4 is 79.1 Å². The predicted molar refractivity (Wildman–Crippen MR) is 156 cm³/mol. The van der Waals surface area contributed by atoms with Crippen molar-refractivity contribution in [2.24, 2.45) is 5.41 Å². The van der Waals surface area contributed by atoms with E-state index in [0.29, 0.717) is 30.7 Å². The second-order valence-corrected chi connectivity index (χ2v) is 12.9. The van der Waals surface area contributed by atoms with Gasteiger partial charge in [-0.2, -0.15) is 0 Å². The Kier molecular flexibility index (Phi) is 16.2. The quantitative estimate of drug-likeness (QED) is 0.303. The van der Waals surface area contributed by atoms with Crippen LogP contribution in [0.4, 0.5) is 5.69 Å². The van der Waals surface area contributed by atoms with Crippen LogP contribution in [0.15, 0.2) is 18.2 Å². The van der Waals surface area contributed by atoms with E-state index in [-0.39, 0.29) is 108 Å². The van der Waals surface area contributed by atoms with Gasteiger partial charge in [0, 0.05) is 18.7 Å². The van der Waals surface area contributed by atoms with Gasteiger partial charge in [0.05, 0.1) is 6.54 Å². The van der Waals surface area contributed by atoms with Crippen molar-refractivity contribution in [3.8, 4) is 0 Å². The fourth-order valence-corrected chi connectivity index (χ4v) is 5.13. The van der Waals surface area contributed by atoms with Crippen molar-refractivity contribution >= 4 is 23.5 Å². The first-order valence-electron chi connectivity index (χ1n) is 13.4. The number of piperidine rings is 2. The van der Waals surface area contributed by atoms with E-state index in [1.807, 2.05) is 20.8 Å². The molecule has 0 bridgehead atoms. The smallest absolute Gasteiger partial charge is 0.459 e. The van der Waals surface area contributed by atoms with Gasteiger partial charge in [0.2, 0.25) is 11.8 Å². The molecule has 2 amide bonds. The molecule has 1 aromatic carbocycles. The molecule has 1 atom stereocenters. The van der Waals surface area contributed by atoms with Crippen molar-refractivity contribution in [3.63, 3.8) is 0 Å². The first-order valence-corrected chi connectivity index (χ1v) is 13.4. The van der Waals surface area contributed by atoms with E-state index >= 15 is 0 Å². The van der Waals surface area contributed by atoms with Gasteiger partial charge in [-0.25, -0.2) is 0 Å². The first-order chi connectivity index (χ1) is 16.7. The first kappa shape index (κ1) is 38.6. The minimum absolute atomic E-state index is 0. The Morgan fingerprint density at radius 2 is 1.56 bits per heavy atom. The number of imide groups is 1. The molecule has 3 aliphatic heterocycles. The molecule has 2 fully saturated rings. The molecule has 4 rings (SSSR count). The Morgan fingerprint density at radius 3 is 2.10 bits per heavy atom. The number of hydrogen-bond acceptors (Lipinski definition) is 6. The summed E-state index contributed by atoms with van der Waals surface area (Å²) in [6.07, 6.45) is 3.94. The van der Waals surface area contributed by atoms with Gasteiger partial charge in [-0.15, -0.1) is 0 Å². The zero-order valence-electron chi connectivity index (χ0n) is 25.3. The van der Waals surface area contributed by atoms with E-state index in [9.17, 15) is 14.4 Å². The molecule has 8 heteroatoms. The number of ether oxygens (including phenoxy) is 1. The van der Waals surface area contributed by atoms with Gasteiger partial charge in [0.25, 0.3) is 0 Å². The molecule has 1 unspecified atom stereocenters. The molecule has 39 heavy (non-hydrogen) atoms. The molecule has 0 aromatic heterocycles. The van der Waals surface area contributed by atoms with Gasteiger partial charge in [0.1, 0.15) is 11.6 Å². The molecular weight excluding hydrogens is 611 g/mol. The number of likely N-dealkylation sites (tertiary alicyclic amines) is 1. The molecule has 0 aliphatic carbocycles. The summed E-state index contributed by atoms with van der Waals surface area (Å²) in [6.45, 7) is 17.4. The van der Waals surface area contributed by atoms with Crippen LogP contribution in [0.2, 0.25) is 0 Å². The van der Waals surface area contributed by atoms with Crippen molar-refractivity contribution in [2.45, 2.75) is 106 Å². The topological polar surface area (TPSA) is 79.0 Å². The Balaban J connectivity index is 0.00000166. The van der Waals surface area contributed by atoms with E-state index in [1.165, 1.54) is 11.1 Å². The van der Waals surface area contributed by atoms with Crippen LogP contribution >= 0.6 is 0 Å². The summed E-state index contributed by atoms with van der Waals surface area (Å²) in [5, 5.41) is 2.49. The number of benzene rings is 1. The van der Waals surface area contributed by atoms with Gasteiger partial charge in [-0.1, -0.05) is 47.3 Å². The monoisotopic (exact) mass is 663 g/mol. The van der Waals surface area contributed by atoms with Crippen molar-refractivity contribution < 1.29 is 88.0 Å². The van der Waals surface area contributed by atoms with Crippen LogP contribution in [0.3, 0.4) is 0 Å². The van der Waals surface area contributed by atoms with Crippen LogP contribution in [-0.2, 0) is 25.5 Å². The molecule has 216 valence electrons. The van der Waals surface area contributed by atoms with E-state index < -0.39 is 5.60 Å². The molecule has 1 aromatic rings. The fraction of sp³-hybridized carbons (Fsp3) is 0.677. The van der Waals surface area contributed by atoms with E-state index in [2.05, 4.69) is 61.0 Å². The minimum Gasteiger partial charge on any atom is -0.459 e. The maximum Gasteiger partial charge on any atom is 1.00 e. The number of anilines is 1. The SMILES string of the molecule is C.CC(C)(C)C.CC(C)(C)OC(=O)CN1CCC(c2cccc3c2CCN3C2CCC(=O)NC2=O)CC1.[CH3-].[Cs+]. The van der Waals surface area contributed by atoms with Crippen LogP contribution in [0.25, 0.3) is 0 Å². The third-order valence-corrected chi connectivity index (χ3v) is 6.49. The summed E-state index contributed by atoms with van der Waals surface area (Å²) in [5.41, 5.74) is 3.92. The number of carbonyl (C=O) groups is 3. The van der Waals surface area contributed by atoms with Crippen LogP contribution in [0.5, 0.6) is 0 Å². The molecule has 3 aliphatic rings. The van der Waals surface area contributed by atoms with E-state index in [0.717, 1.165) is 44.6 Å². The largest absolute Gasteiger partial charge is 1.00 e. The van der Waals surface area contributed by atoms with Crippen molar-refractivity contribution in [1.82, 2.24) is 10.2 Å². The van der Waals surface area contributed by atoms with E-state index in [1.54, 1.807) is 0 Å². The zero-order valence-corrected chi connectivity index (χ0v) is 31.6. The summed E-state index contributed by atoms with van der Waals surface area (Å²) in [7, 11) is 0. The number of hydrogen-bond donors (Lipinski definition) is 1. The summed E-state index contributed by atoms with van der Waals surface area (Å²) >= 11 is 0. The normalized spacial score (nSPS) is 19.8.